The van der Waals surface area contributed by atoms with Crippen LogP contribution < -0.4 is 21.6 Å². The van der Waals surface area contributed by atoms with Gasteiger partial charge in [-0.3, -0.25) is 14.3 Å². The number of nitrogens with one attached hydrogen (secondary N) is 1. The van der Waals surface area contributed by atoms with Gasteiger partial charge >= 0.3 is 5.69 Å². The molecule has 3 aromatic rings. The summed E-state index contributed by atoms with van der Waals surface area (Å²) in [6.45, 7) is 10.9. The zero-order chi connectivity index (χ0) is 30.2. The highest BCUT2D eigenvalue weighted by molar-refractivity contribution is 6.86. The van der Waals surface area contributed by atoms with Gasteiger partial charge < -0.3 is 19.3 Å². The van der Waals surface area contributed by atoms with Crippen molar-refractivity contribution in [2.75, 3.05) is 6.61 Å². The first-order valence-corrected chi connectivity index (χ1v) is 15.3. The number of halogens is 2. The normalized spacial score (nSPS) is 23.4. The van der Waals surface area contributed by atoms with Crippen LogP contribution in [0.5, 0.6) is 0 Å². The third-order valence-corrected chi connectivity index (χ3v) is 10.5. The lowest BCUT2D eigenvalue weighted by Crippen LogP contribution is -2.70. The van der Waals surface area contributed by atoms with Gasteiger partial charge in [0, 0.05) is 6.20 Å². The Hall–Kier alpha value is -2.96. The molecule has 4 atom stereocenters. The molecule has 0 radical (unpaired) electrons. The lowest BCUT2D eigenvalue weighted by molar-refractivity contribution is -0.156. The topological polar surface area (TPSA) is 103 Å². The van der Waals surface area contributed by atoms with Crippen LogP contribution >= 0.6 is 0 Å². The summed E-state index contributed by atoms with van der Waals surface area (Å²) >= 11 is 0. The molecular formula is C30H38F2N2O6Si. The summed E-state index contributed by atoms with van der Waals surface area (Å²) in [5.74, 6) is 0. The van der Waals surface area contributed by atoms with E-state index in [0.717, 1.165) is 21.1 Å². The Balaban J connectivity index is 2.11. The molecule has 1 aliphatic rings. The number of hydrogen-bond acceptors (Lipinski definition) is 6. The average molecular weight is 589 g/mol. The fourth-order valence-corrected chi connectivity index (χ4v) is 9.17. The van der Waals surface area contributed by atoms with Gasteiger partial charge in [-0.1, -0.05) is 71.0 Å². The summed E-state index contributed by atoms with van der Waals surface area (Å²) in [4.78, 5) is 28.2. The molecule has 1 fully saturated rings. The van der Waals surface area contributed by atoms with E-state index in [1.165, 1.54) is 0 Å². The highest BCUT2D eigenvalue weighted by Gasteiger charge is 2.63. The van der Waals surface area contributed by atoms with E-state index in [1.807, 2.05) is 81.4 Å². The average Bonchev–Trinajstić information content (AvgIpc) is 3.14. The van der Waals surface area contributed by atoms with Gasteiger partial charge in [-0.05, 0) is 41.5 Å². The van der Waals surface area contributed by atoms with Crippen LogP contribution in [0.3, 0.4) is 0 Å². The number of benzene rings is 2. The molecule has 2 heterocycles. The predicted octanol–water partition coefficient (Wildman–Crippen LogP) is 2.47. The molecule has 1 aliphatic heterocycles. The molecule has 2 aromatic carbocycles. The Labute approximate surface area is 239 Å². The van der Waals surface area contributed by atoms with Crippen LogP contribution in [0.1, 0.15) is 53.5 Å². The lowest BCUT2D eigenvalue weighted by atomic mass is 10.1. The minimum atomic E-state index is -3.16. The van der Waals surface area contributed by atoms with Gasteiger partial charge in [0.1, 0.15) is 18.3 Å². The van der Waals surface area contributed by atoms with Crippen molar-refractivity contribution < 1.29 is 28.1 Å². The zero-order valence-corrected chi connectivity index (χ0v) is 25.3. The number of aliphatic hydroxyl groups is 1. The molecule has 0 amide bonds. The number of rotatable bonds is 8. The van der Waals surface area contributed by atoms with Crippen molar-refractivity contribution >= 4 is 19.2 Å². The minimum Gasteiger partial charge on any atom is -0.387 e. The first-order valence-electron chi connectivity index (χ1n) is 13.6. The highest BCUT2D eigenvalue weighted by Crippen LogP contribution is 2.41. The van der Waals surface area contributed by atoms with Crippen molar-refractivity contribution in [1.82, 2.24) is 9.55 Å². The second-order valence-electron chi connectivity index (χ2n) is 12.2. The van der Waals surface area contributed by atoms with Crippen molar-refractivity contribution in [3.63, 3.8) is 0 Å². The molecule has 11 heteroatoms. The maximum Gasteiger partial charge on any atom is 0.330 e. The van der Waals surface area contributed by atoms with Crippen LogP contribution in [0.4, 0.5) is 8.78 Å². The van der Waals surface area contributed by atoms with E-state index in [1.54, 1.807) is 20.8 Å². The van der Waals surface area contributed by atoms with Crippen LogP contribution in [0.25, 0.3) is 0 Å². The molecule has 0 spiro atoms. The van der Waals surface area contributed by atoms with Crippen molar-refractivity contribution in [2.45, 2.75) is 82.8 Å². The van der Waals surface area contributed by atoms with Crippen LogP contribution in [0, 0.1) is 0 Å². The number of hydrogen-bond donors (Lipinski definition) is 2. The molecule has 41 heavy (non-hydrogen) atoms. The van der Waals surface area contributed by atoms with Crippen molar-refractivity contribution in [1.29, 1.82) is 0 Å². The van der Waals surface area contributed by atoms with Crippen molar-refractivity contribution in [2.24, 2.45) is 0 Å². The lowest BCUT2D eigenvalue weighted by Gasteiger charge is -2.44. The minimum absolute atomic E-state index is 0.0546. The van der Waals surface area contributed by atoms with Gasteiger partial charge in [0.2, 0.25) is 0 Å². The summed E-state index contributed by atoms with van der Waals surface area (Å²) in [5, 5.41) is 11.6. The summed E-state index contributed by atoms with van der Waals surface area (Å²) in [5.41, 5.74) is -4.45. The van der Waals surface area contributed by atoms with E-state index in [4.69, 9.17) is 14.2 Å². The predicted molar refractivity (Wildman–Crippen MR) is 155 cm³/mol. The molecule has 2 N–H and O–H groups in total. The van der Waals surface area contributed by atoms with Gasteiger partial charge in [0.15, 0.2) is 14.1 Å². The van der Waals surface area contributed by atoms with E-state index < -0.39 is 66.9 Å². The Morgan fingerprint density at radius 2 is 1.51 bits per heavy atom. The Morgan fingerprint density at radius 1 is 0.976 bits per heavy atom. The van der Waals surface area contributed by atoms with E-state index in [2.05, 4.69) is 4.98 Å². The molecule has 1 aromatic heterocycles. The fraction of sp³-hybridized carbons (Fsp3) is 0.467. The quantitative estimate of drug-likeness (QED) is 0.392. The number of H-pyrrole nitrogens is 1. The number of ether oxygens (including phenoxy) is 3. The summed E-state index contributed by atoms with van der Waals surface area (Å²) < 4.78 is 48.5. The van der Waals surface area contributed by atoms with Gasteiger partial charge in [0.05, 0.1) is 23.4 Å². The molecule has 0 aliphatic carbocycles. The summed E-state index contributed by atoms with van der Waals surface area (Å²) in [6.07, 6.45) is -5.81. The van der Waals surface area contributed by atoms with E-state index in [0.29, 0.717) is 0 Å². The van der Waals surface area contributed by atoms with E-state index >= 15 is 0 Å². The molecule has 8 nitrogen and oxygen atoms in total. The molecule has 0 unspecified atom stereocenters. The van der Waals surface area contributed by atoms with E-state index in [9.17, 15) is 23.5 Å². The van der Waals surface area contributed by atoms with Gasteiger partial charge in [-0.15, -0.1) is 0 Å². The number of aromatic nitrogens is 2. The summed E-state index contributed by atoms with van der Waals surface area (Å²) in [7, 11) is -2.92. The molecule has 0 bridgehead atoms. The number of aliphatic hydroxyl groups excluding tert-OH is 1. The number of nitrogens with zero attached hydrogens (tertiary/aromatic N) is 1. The van der Waals surface area contributed by atoms with Gasteiger partial charge in [0.25, 0.3) is 12.0 Å². The molecular weight excluding hydrogens is 550 g/mol. The molecule has 4 rings (SSSR count). The van der Waals surface area contributed by atoms with Crippen LogP contribution in [0.15, 0.2) is 76.4 Å². The third-order valence-electron chi connectivity index (χ3n) is 6.86. The summed E-state index contributed by atoms with van der Waals surface area (Å²) in [6, 6.07) is 18.6. The highest BCUT2D eigenvalue weighted by atomic mass is 28.3. The van der Waals surface area contributed by atoms with E-state index in [-0.39, 0.29) is 6.61 Å². The maximum atomic E-state index is 14.1. The van der Waals surface area contributed by atoms with Crippen molar-refractivity contribution in [3.05, 3.63) is 93.3 Å². The van der Waals surface area contributed by atoms with Crippen molar-refractivity contribution in [3.8, 4) is 0 Å². The second-order valence-corrected chi connectivity index (χ2v) is 15.3. The fourth-order valence-electron chi connectivity index (χ4n) is 5.25. The number of alkyl halides is 2. The van der Waals surface area contributed by atoms with Crippen LogP contribution in [0.2, 0.25) is 0 Å². The standard InChI is InChI=1S/C30H38F2N2O6Si/c1-28(2,3)38-18-22-23(35)24(40-29(4,5)6)30(39-22,34-17-21(25(31)32)26(36)33-27(34)37)41(19-13-9-7-10-14-19)20-15-11-8-12-16-20/h7-17,22-25,35,41H,18H2,1-6H3,(H,33,36,37)/t22-,23-,24-,30+/m1/s1. The second kappa shape index (κ2) is 11.7. The Morgan fingerprint density at radius 3 is 1.98 bits per heavy atom. The molecule has 222 valence electrons. The number of aromatic amines is 1. The van der Waals surface area contributed by atoms with Gasteiger partial charge in [-0.25, -0.2) is 13.6 Å². The first-order chi connectivity index (χ1) is 19.1. The smallest absolute Gasteiger partial charge is 0.330 e. The Kier molecular flexibility index (Phi) is 8.86. The molecule has 1 saturated heterocycles. The van der Waals surface area contributed by atoms with Crippen LogP contribution in [-0.2, 0) is 19.6 Å². The maximum absolute atomic E-state index is 14.1. The molecule has 0 saturated carbocycles. The SMILES string of the molecule is CC(C)(C)OC[C@H]1O[C@](n2cc(C(F)F)c(=O)[nH]c2=O)([SiH](c2ccccc2)c2ccccc2)[C@H](OC(C)(C)C)[C@@H]1O. The largest absolute Gasteiger partial charge is 0.387 e. The Bertz CT molecular complexity index is 1400. The third kappa shape index (κ3) is 6.59. The van der Waals surface area contributed by atoms with Crippen LogP contribution in [-0.4, -0.2) is 59.6 Å². The monoisotopic (exact) mass is 588 g/mol. The van der Waals surface area contributed by atoms with Gasteiger partial charge in [-0.2, -0.15) is 0 Å². The zero-order valence-electron chi connectivity index (χ0n) is 24.1. The first kappa shape index (κ1) is 31.0.